The van der Waals surface area contributed by atoms with Crippen molar-refractivity contribution in [2.24, 2.45) is 11.8 Å². The van der Waals surface area contributed by atoms with Crippen molar-refractivity contribution >= 4 is 22.7 Å². The van der Waals surface area contributed by atoms with E-state index in [0.717, 1.165) is 30.3 Å². The second-order valence-electron chi connectivity index (χ2n) is 9.03. The third-order valence-corrected chi connectivity index (χ3v) is 6.19. The molecule has 1 aromatic carbocycles. The van der Waals surface area contributed by atoms with Gasteiger partial charge in [0.25, 0.3) is 5.91 Å². The molecule has 0 radical (unpaired) electrons. The molecule has 2 fully saturated rings. The summed E-state index contributed by atoms with van der Waals surface area (Å²) >= 11 is 0. The topological polar surface area (TPSA) is 76.0 Å². The molecule has 2 aliphatic carbocycles. The molecule has 1 heterocycles. The molecule has 1 atom stereocenters. The van der Waals surface area contributed by atoms with E-state index in [1.165, 1.54) is 32.1 Å². The highest BCUT2D eigenvalue weighted by Gasteiger charge is 2.31. The number of rotatable bonds is 7. The van der Waals surface area contributed by atoms with Crippen molar-refractivity contribution in [3.05, 3.63) is 30.0 Å². The average Bonchev–Trinajstić information content (AvgIpc) is 3.46. The van der Waals surface area contributed by atoms with Gasteiger partial charge in [0.1, 0.15) is 6.04 Å². The number of nitrogens with one attached hydrogen (secondary N) is 2. The zero-order valence-corrected chi connectivity index (χ0v) is 17.5. The van der Waals surface area contributed by atoms with Gasteiger partial charge in [-0.2, -0.15) is 5.10 Å². The molecule has 6 heteroatoms. The molecule has 2 aliphatic rings. The molecule has 0 bridgehead atoms. The largest absolute Gasteiger partial charge is 0.352 e. The lowest BCUT2D eigenvalue weighted by Crippen LogP contribution is -2.50. The minimum Gasteiger partial charge on any atom is -0.352 e. The van der Waals surface area contributed by atoms with Gasteiger partial charge in [-0.1, -0.05) is 51.3 Å². The molecule has 4 rings (SSSR count). The van der Waals surface area contributed by atoms with Crippen molar-refractivity contribution in [1.82, 2.24) is 20.4 Å². The number of hydrogen-bond donors (Lipinski definition) is 2. The van der Waals surface area contributed by atoms with E-state index in [2.05, 4.69) is 10.6 Å². The quantitative estimate of drug-likeness (QED) is 0.750. The lowest BCUT2D eigenvalue weighted by Gasteiger charge is -2.22. The lowest BCUT2D eigenvalue weighted by molar-refractivity contribution is -0.124. The summed E-state index contributed by atoms with van der Waals surface area (Å²) in [5.74, 6) is 0.263. The molecule has 29 heavy (non-hydrogen) atoms. The van der Waals surface area contributed by atoms with Crippen LogP contribution in [0.15, 0.2) is 24.3 Å². The third kappa shape index (κ3) is 4.62. The average molecular weight is 397 g/mol. The molecule has 6 nitrogen and oxygen atoms in total. The van der Waals surface area contributed by atoms with Crippen molar-refractivity contribution in [2.45, 2.75) is 77.4 Å². The highest BCUT2D eigenvalue weighted by molar-refractivity contribution is 6.06. The van der Waals surface area contributed by atoms with Crippen LogP contribution in [0.4, 0.5) is 0 Å². The number of carbonyl (C=O) groups is 2. The van der Waals surface area contributed by atoms with Crippen LogP contribution in [-0.2, 0) is 11.3 Å². The second kappa shape index (κ2) is 8.56. The highest BCUT2D eigenvalue weighted by atomic mass is 16.2. The second-order valence-corrected chi connectivity index (χ2v) is 9.03. The number of fused-ring (bicyclic) bond motifs is 1. The lowest BCUT2D eigenvalue weighted by atomic mass is 9.89. The molecule has 2 saturated carbocycles. The maximum absolute atomic E-state index is 13.1. The van der Waals surface area contributed by atoms with E-state index in [1.54, 1.807) is 0 Å². The third-order valence-electron chi connectivity index (χ3n) is 6.19. The van der Waals surface area contributed by atoms with Gasteiger partial charge in [0.05, 0.1) is 5.52 Å². The van der Waals surface area contributed by atoms with Crippen LogP contribution in [0.2, 0.25) is 0 Å². The molecular weight excluding hydrogens is 364 g/mol. The minimum atomic E-state index is -0.551. The summed E-state index contributed by atoms with van der Waals surface area (Å²) < 4.78 is 1.99. The molecular formula is C23H32N4O2. The number of benzene rings is 1. The fourth-order valence-corrected chi connectivity index (χ4v) is 4.31. The van der Waals surface area contributed by atoms with Crippen LogP contribution in [0.3, 0.4) is 0 Å². The predicted octanol–water partition coefficient (Wildman–Crippen LogP) is 3.65. The first kappa shape index (κ1) is 19.9. The first-order valence-corrected chi connectivity index (χ1v) is 11.1. The fourth-order valence-electron chi connectivity index (χ4n) is 4.31. The van der Waals surface area contributed by atoms with Crippen LogP contribution in [0.5, 0.6) is 0 Å². The van der Waals surface area contributed by atoms with Crippen molar-refractivity contribution in [1.29, 1.82) is 0 Å². The van der Waals surface area contributed by atoms with Gasteiger partial charge in [-0.3, -0.25) is 14.3 Å². The maximum Gasteiger partial charge on any atom is 0.273 e. The molecule has 1 aromatic heterocycles. The Balaban J connectivity index is 1.55. The van der Waals surface area contributed by atoms with E-state index in [-0.39, 0.29) is 23.8 Å². The maximum atomic E-state index is 13.1. The van der Waals surface area contributed by atoms with Gasteiger partial charge in [-0.05, 0) is 43.6 Å². The summed E-state index contributed by atoms with van der Waals surface area (Å²) in [6.07, 6.45) is 8.40. The molecule has 2 N–H and O–H groups in total. The molecule has 0 aliphatic heterocycles. The Kier molecular flexibility index (Phi) is 5.88. The smallest absolute Gasteiger partial charge is 0.273 e. The number of nitrogens with zero attached hydrogens (tertiary/aromatic N) is 2. The van der Waals surface area contributed by atoms with Gasteiger partial charge < -0.3 is 10.6 Å². The zero-order chi connectivity index (χ0) is 20.4. The fraction of sp³-hybridized carbons (Fsp3) is 0.609. The number of aromatic nitrogens is 2. The Hall–Kier alpha value is -2.37. The summed E-state index contributed by atoms with van der Waals surface area (Å²) in [5.41, 5.74) is 1.41. The number of carbonyl (C=O) groups excluding carboxylic acids is 2. The van der Waals surface area contributed by atoms with E-state index in [4.69, 9.17) is 5.10 Å². The summed E-state index contributed by atoms with van der Waals surface area (Å²) in [5, 5.41) is 11.5. The Labute approximate surface area is 172 Å². The number of para-hydroxylation sites is 1. The molecule has 0 saturated heterocycles. The Morgan fingerprint density at radius 3 is 2.52 bits per heavy atom. The van der Waals surface area contributed by atoms with E-state index >= 15 is 0 Å². The number of hydrogen-bond acceptors (Lipinski definition) is 3. The Morgan fingerprint density at radius 2 is 1.83 bits per heavy atom. The van der Waals surface area contributed by atoms with Crippen molar-refractivity contribution in [3.8, 4) is 0 Å². The van der Waals surface area contributed by atoms with E-state index in [9.17, 15) is 9.59 Å². The van der Waals surface area contributed by atoms with Gasteiger partial charge >= 0.3 is 0 Å². The number of amides is 2. The standard InChI is InChI=1S/C23H32N4O2/c1-15(2)20(22(28)24-17-12-13-17)25-23(29)21-18-10-6-7-11-19(18)27(26-21)14-16-8-4-3-5-9-16/h6-7,10-11,15-17,20H,3-5,8-9,12-14H2,1-2H3,(H,24,28)(H,25,29)/t20-/m0/s1. The molecule has 2 aromatic rings. The van der Waals surface area contributed by atoms with Crippen LogP contribution in [0.1, 0.15) is 69.3 Å². The van der Waals surface area contributed by atoms with Gasteiger partial charge in [0.2, 0.25) is 5.91 Å². The van der Waals surface area contributed by atoms with Crippen molar-refractivity contribution in [3.63, 3.8) is 0 Å². The molecule has 156 valence electrons. The van der Waals surface area contributed by atoms with Gasteiger partial charge in [0, 0.05) is 18.0 Å². The van der Waals surface area contributed by atoms with Crippen LogP contribution in [0.25, 0.3) is 10.9 Å². The summed E-state index contributed by atoms with van der Waals surface area (Å²) in [7, 11) is 0. The van der Waals surface area contributed by atoms with E-state index < -0.39 is 6.04 Å². The summed E-state index contributed by atoms with van der Waals surface area (Å²) in [4.78, 5) is 25.7. The van der Waals surface area contributed by atoms with Crippen LogP contribution >= 0.6 is 0 Å². The van der Waals surface area contributed by atoms with Crippen molar-refractivity contribution < 1.29 is 9.59 Å². The monoisotopic (exact) mass is 396 g/mol. The van der Waals surface area contributed by atoms with Gasteiger partial charge in [0.15, 0.2) is 5.69 Å². The SMILES string of the molecule is CC(C)[C@H](NC(=O)c1nn(CC2CCCCC2)c2ccccc12)C(=O)NC1CC1. The molecule has 2 amide bonds. The van der Waals surface area contributed by atoms with E-state index in [1.807, 2.05) is 42.8 Å². The van der Waals surface area contributed by atoms with E-state index in [0.29, 0.717) is 11.6 Å². The molecule has 0 unspecified atom stereocenters. The minimum absolute atomic E-state index is 0.00767. The zero-order valence-electron chi connectivity index (χ0n) is 17.5. The predicted molar refractivity (Wildman–Crippen MR) is 114 cm³/mol. The Bertz CT molecular complexity index is 878. The normalized spacial score (nSPS) is 18.7. The summed E-state index contributed by atoms with van der Waals surface area (Å²) in [6, 6.07) is 7.63. The molecule has 0 spiro atoms. The van der Waals surface area contributed by atoms with Gasteiger partial charge in [-0.25, -0.2) is 0 Å². The van der Waals surface area contributed by atoms with Crippen LogP contribution in [-0.4, -0.2) is 33.7 Å². The van der Waals surface area contributed by atoms with Gasteiger partial charge in [-0.15, -0.1) is 0 Å². The van der Waals surface area contributed by atoms with Crippen LogP contribution < -0.4 is 10.6 Å². The summed E-state index contributed by atoms with van der Waals surface area (Å²) in [6.45, 7) is 4.76. The van der Waals surface area contributed by atoms with Crippen molar-refractivity contribution in [2.75, 3.05) is 0 Å². The highest BCUT2D eigenvalue weighted by Crippen LogP contribution is 2.27. The first-order valence-electron chi connectivity index (χ1n) is 11.1. The first-order chi connectivity index (χ1) is 14.0. The van der Waals surface area contributed by atoms with Crippen LogP contribution in [0, 0.1) is 11.8 Å². The Morgan fingerprint density at radius 1 is 1.10 bits per heavy atom.